The van der Waals surface area contributed by atoms with Gasteiger partial charge in [0, 0.05) is 30.0 Å². The van der Waals surface area contributed by atoms with Crippen LogP contribution in [0.3, 0.4) is 0 Å². The Morgan fingerprint density at radius 2 is 1.58 bits per heavy atom. The number of hydrogen-bond donors (Lipinski definition) is 1. The van der Waals surface area contributed by atoms with Crippen LogP contribution in [0.1, 0.15) is 47.9 Å². The lowest BCUT2D eigenvalue weighted by Crippen LogP contribution is -2.18. The minimum absolute atomic E-state index is 0.0953. The summed E-state index contributed by atoms with van der Waals surface area (Å²) in [6.07, 6.45) is 0.457. The van der Waals surface area contributed by atoms with E-state index in [-0.39, 0.29) is 22.9 Å². The van der Waals surface area contributed by atoms with Crippen molar-refractivity contribution >= 4 is 22.7 Å². The van der Waals surface area contributed by atoms with Gasteiger partial charge in [0.05, 0.1) is 5.56 Å². The van der Waals surface area contributed by atoms with Crippen molar-refractivity contribution in [2.24, 2.45) is 5.41 Å². The molecule has 0 bridgehead atoms. The predicted molar refractivity (Wildman–Crippen MR) is 129 cm³/mol. The number of hydrogen-bond acceptors (Lipinski definition) is 3. The first-order valence-corrected chi connectivity index (χ1v) is 10.8. The maximum Gasteiger partial charge on any atom is 0.255 e. The second-order valence-electron chi connectivity index (χ2n) is 9.34. The Kier molecular flexibility index (Phi) is 5.90. The molecule has 4 nitrogen and oxygen atoms in total. The summed E-state index contributed by atoms with van der Waals surface area (Å²) in [5.74, 6) is -0.173. The van der Waals surface area contributed by atoms with Gasteiger partial charge in [-0.15, -0.1) is 0 Å². The van der Waals surface area contributed by atoms with Crippen LogP contribution >= 0.6 is 0 Å². The van der Waals surface area contributed by atoms with Gasteiger partial charge in [-0.05, 0) is 59.0 Å². The third-order valence-electron chi connectivity index (χ3n) is 5.46. The molecule has 0 fully saturated rings. The Morgan fingerprint density at radius 3 is 2.24 bits per heavy atom. The molecule has 0 radical (unpaired) electrons. The van der Waals surface area contributed by atoms with E-state index in [9.17, 15) is 14.0 Å². The number of fused-ring (bicyclic) bond motifs is 1. The van der Waals surface area contributed by atoms with Crippen molar-refractivity contribution in [2.45, 2.75) is 27.2 Å². The Labute approximate surface area is 192 Å². The monoisotopic (exact) mass is 443 g/mol. The van der Waals surface area contributed by atoms with E-state index in [1.54, 1.807) is 19.2 Å². The SMILES string of the molecule is CNC(=O)c1c(-c2ccc(F)cc2)oc2ccc(-c3cccc(C(=O)CC(C)(C)C)c3)cc12. The van der Waals surface area contributed by atoms with Gasteiger partial charge in [0.15, 0.2) is 5.78 Å². The molecule has 0 spiro atoms. The molecule has 168 valence electrons. The largest absolute Gasteiger partial charge is 0.455 e. The molecule has 4 aromatic rings. The minimum atomic E-state index is -0.362. The Balaban J connectivity index is 1.81. The summed E-state index contributed by atoms with van der Waals surface area (Å²) in [5.41, 5.74) is 3.86. The van der Waals surface area contributed by atoms with Crippen molar-refractivity contribution < 1.29 is 18.4 Å². The van der Waals surface area contributed by atoms with Crippen LogP contribution in [0.25, 0.3) is 33.4 Å². The fraction of sp³-hybridized carbons (Fsp3) is 0.214. The summed E-state index contributed by atoms with van der Waals surface area (Å²) in [6.45, 7) is 6.13. The summed E-state index contributed by atoms with van der Waals surface area (Å²) < 4.78 is 19.4. The van der Waals surface area contributed by atoms with Gasteiger partial charge in [-0.25, -0.2) is 4.39 Å². The van der Waals surface area contributed by atoms with Gasteiger partial charge >= 0.3 is 0 Å². The van der Waals surface area contributed by atoms with Gasteiger partial charge in [0.2, 0.25) is 0 Å². The molecule has 3 aromatic carbocycles. The van der Waals surface area contributed by atoms with E-state index < -0.39 is 0 Å². The molecule has 0 saturated carbocycles. The first-order valence-electron chi connectivity index (χ1n) is 10.8. The lowest BCUT2D eigenvalue weighted by molar-refractivity contribution is 0.0937. The van der Waals surface area contributed by atoms with Crippen LogP contribution in [0.4, 0.5) is 4.39 Å². The van der Waals surface area contributed by atoms with Crippen molar-refractivity contribution in [1.82, 2.24) is 5.32 Å². The first kappa shape index (κ1) is 22.5. The van der Waals surface area contributed by atoms with Crippen LogP contribution in [0.5, 0.6) is 0 Å². The summed E-state index contributed by atoms with van der Waals surface area (Å²) >= 11 is 0. The highest BCUT2D eigenvalue weighted by atomic mass is 19.1. The average molecular weight is 444 g/mol. The van der Waals surface area contributed by atoms with E-state index in [2.05, 4.69) is 5.32 Å². The second kappa shape index (κ2) is 8.66. The lowest BCUT2D eigenvalue weighted by atomic mass is 9.87. The number of amides is 1. The zero-order chi connectivity index (χ0) is 23.8. The normalized spacial score (nSPS) is 11.5. The molecule has 1 amide bonds. The smallest absolute Gasteiger partial charge is 0.255 e. The predicted octanol–water partition coefficient (Wildman–Crippen LogP) is 6.88. The van der Waals surface area contributed by atoms with Gasteiger partial charge in [0.1, 0.15) is 17.2 Å². The molecule has 1 heterocycles. The zero-order valence-electron chi connectivity index (χ0n) is 19.2. The maximum absolute atomic E-state index is 13.4. The number of Topliss-reactive ketones (excluding diaryl/α,β-unsaturated/α-hetero) is 1. The topological polar surface area (TPSA) is 59.3 Å². The highest BCUT2D eigenvalue weighted by molar-refractivity contribution is 6.11. The number of furan rings is 1. The molecule has 0 unspecified atom stereocenters. The maximum atomic E-state index is 13.4. The Bertz CT molecular complexity index is 1340. The molecule has 33 heavy (non-hydrogen) atoms. The molecule has 5 heteroatoms. The Morgan fingerprint density at radius 1 is 0.909 bits per heavy atom. The van der Waals surface area contributed by atoms with Crippen molar-refractivity contribution in [3.05, 3.63) is 83.7 Å². The van der Waals surface area contributed by atoms with E-state index in [1.165, 1.54) is 12.1 Å². The number of carbonyl (C=O) groups excluding carboxylic acids is 2. The summed E-state index contributed by atoms with van der Waals surface area (Å²) in [7, 11) is 1.56. The third kappa shape index (κ3) is 4.72. The van der Waals surface area contributed by atoms with E-state index >= 15 is 0 Å². The fourth-order valence-corrected chi connectivity index (χ4v) is 3.89. The highest BCUT2D eigenvalue weighted by Crippen LogP contribution is 2.36. The molecule has 1 N–H and O–H groups in total. The van der Waals surface area contributed by atoms with Crippen LogP contribution in [0.2, 0.25) is 0 Å². The number of ketones is 1. The molecule has 0 aliphatic carbocycles. The zero-order valence-corrected chi connectivity index (χ0v) is 19.2. The second-order valence-corrected chi connectivity index (χ2v) is 9.34. The molecule has 1 aromatic heterocycles. The Hall–Kier alpha value is -3.73. The van der Waals surface area contributed by atoms with Crippen LogP contribution in [0, 0.1) is 11.2 Å². The molecular formula is C28H26FNO3. The standard InChI is InChI=1S/C28H26FNO3/c1-28(2,3)16-23(31)20-7-5-6-18(14-20)19-10-13-24-22(15-19)25(27(32)30-4)26(33-24)17-8-11-21(29)12-9-17/h5-15H,16H2,1-4H3,(H,30,32). The first-order chi connectivity index (χ1) is 15.7. The van der Waals surface area contributed by atoms with Crippen molar-refractivity contribution in [3.63, 3.8) is 0 Å². The number of carbonyl (C=O) groups is 2. The van der Waals surface area contributed by atoms with Gasteiger partial charge in [-0.3, -0.25) is 9.59 Å². The summed E-state index contributed by atoms with van der Waals surface area (Å²) in [6, 6.07) is 19.0. The van der Waals surface area contributed by atoms with Crippen molar-refractivity contribution in [1.29, 1.82) is 0 Å². The molecule has 4 rings (SSSR count). The number of nitrogens with one attached hydrogen (secondary N) is 1. The molecule has 0 aliphatic heterocycles. The molecular weight excluding hydrogens is 417 g/mol. The van der Waals surface area contributed by atoms with E-state index in [0.29, 0.717) is 39.8 Å². The van der Waals surface area contributed by atoms with Crippen molar-refractivity contribution in [2.75, 3.05) is 7.05 Å². The number of rotatable bonds is 5. The number of benzene rings is 3. The lowest BCUT2D eigenvalue weighted by Gasteiger charge is -2.17. The highest BCUT2D eigenvalue weighted by Gasteiger charge is 2.22. The van der Waals surface area contributed by atoms with Crippen LogP contribution in [-0.4, -0.2) is 18.7 Å². The summed E-state index contributed by atoms with van der Waals surface area (Å²) in [5, 5.41) is 3.32. The van der Waals surface area contributed by atoms with Gasteiger partial charge < -0.3 is 9.73 Å². The summed E-state index contributed by atoms with van der Waals surface area (Å²) in [4.78, 5) is 25.5. The quantitative estimate of drug-likeness (QED) is 0.342. The van der Waals surface area contributed by atoms with Gasteiger partial charge in [-0.2, -0.15) is 0 Å². The fourth-order valence-electron chi connectivity index (χ4n) is 3.89. The van der Waals surface area contributed by atoms with Crippen LogP contribution < -0.4 is 5.32 Å². The molecule has 0 saturated heterocycles. The van der Waals surface area contributed by atoms with E-state index in [0.717, 1.165) is 11.1 Å². The van der Waals surface area contributed by atoms with Gasteiger partial charge in [0.25, 0.3) is 5.91 Å². The van der Waals surface area contributed by atoms with Crippen LogP contribution in [0.15, 0.2) is 71.1 Å². The van der Waals surface area contributed by atoms with Gasteiger partial charge in [-0.1, -0.05) is 45.0 Å². The minimum Gasteiger partial charge on any atom is -0.455 e. The van der Waals surface area contributed by atoms with E-state index in [1.807, 2.05) is 63.2 Å². The molecule has 0 aliphatic rings. The van der Waals surface area contributed by atoms with Crippen molar-refractivity contribution in [3.8, 4) is 22.5 Å². The third-order valence-corrected chi connectivity index (χ3v) is 5.46. The van der Waals surface area contributed by atoms with E-state index in [4.69, 9.17) is 4.42 Å². The van der Waals surface area contributed by atoms with Crippen LogP contribution in [-0.2, 0) is 0 Å². The average Bonchev–Trinajstić information content (AvgIpc) is 3.16. The number of halogens is 1. The molecule has 0 atom stereocenters.